The summed E-state index contributed by atoms with van der Waals surface area (Å²) in [4.78, 5) is 17.9. The standard InChI is InChI=1S/C26H32N2O3/c1-26-11-12-28(16-18-4-5-18)23(14-20-7-8-21(30-3)15-22(20)26)25(26)27(2)24(29)9-6-19-10-13-31-17-19/h6-10,13,15,17-18,23,25H,4-5,11-12,14,16H2,1-3H3/t23?,25-,26+/m0/s1. The molecule has 1 saturated carbocycles. The maximum atomic E-state index is 13.3. The highest BCUT2D eigenvalue weighted by Gasteiger charge is 2.53. The van der Waals surface area contributed by atoms with E-state index in [2.05, 4.69) is 30.0 Å². The lowest BCUT2D eigenvalue weighted by atomic mass is 9.61. The van der Waals surface area contributed by atoms with Gasteiger partial charge in [-0.15, -0.1) is 0 Å². The van der Waals surface area contributed by atoms with Crippen molar-refractivity contribution >= 4 is 12.0 Å². The number of furan rings is 1. The van der Waals surface area contributed by atoms with Crippen molar-refractivity contribution in [3.8, 4) is 5.75 Å². The average molecular weight is 421 g/mol. The van der Waals surface area contributed by atoms with Crippen LogP contribution in [0.1, 0.15) is 42.9 Å². The maximum Gasteiger partial charge on any atom is 0.246 e. The molecular weight excluding hydrogens is 388 g/mol. The normalized spacial score (nSPS) is 27.8. The van der Waals surface area contributed by atoms with Crippen LogP contribution in [0.4, 0.5) is 0 Å². The van der Waals surface area contributed by atoms with Crippen LogP contribution in [-0.4, -0.2) is 55.0 Å². The van der Waals surface area contributed by atoms with Crippen LogP contribution in [0.2, 0.25) is 0 Å². The summed E-state index contributed by atoms with van der Waals surface area (Å²) in [5.74, 6) is 1.78. The number of likely N-dealkylation sites (N-methyl/N-ethyl adjacent to an activating group) is 1. The number of hydrogen-bond acceptors (Lipinski definition) is 4. The number of rotatable bonds is 6. The van der Waals surface area contributed by atoms with Crippen LogP contribution in [0.15, 0.2) is 47.3 Å². The van der Waals surface area contributed by atoms with Crippen molar-refractivity contribution in [1.29, 1.82) is 0 Å². The van der Waals surface area contributed by atoms with Gasteiger partial charge in [-0.1, -0.05) is 13.0 Å². The molecule has 1 aromatic carbocycles. The van der Waals surface area contributed by atoms with Gasteiger partial charge in [-0.3, -0.25) is 9.69 Å². The second-order valence-electron chi connectivity index (χ2n) is 9.68. The van der Waals surface area contributed by atoms with Gasteiger partial charge in [-0.05, 0) is 73.5 Å². The van der Waals surface area contributed by atoms with Gasteiger partial charge in [0.1, 0.15) is 5.75 Å². The minimum atomic E-state index is -0.0965. The van der Waals surface area contributed by atoms with Crippen molar-refractivity contribution in [3.05, 3.63) is 59.6 Å². The third kappa shape index (κ3) is 3.69. The molecular formula is C26H32N2O3. The Labute approximate surface area is 184 Å². The number of fused-ring (bicyclic) bond motifs is 4. The minimum Gasteiger partial charge on any atom is -0.497 e. The fourth-order valence-electron chi connectivity index (χ4n) is 5.80. The lowest BCUT2D eigenvalue weighted by Gasteiger charge is -2.58. The predicted molar refractivity (Wildman–Crippen MR) is 121 cm³/mol. The molecule has 5 rings (SSSR count). The molecule has 5 nitrogen and oxygen atoms in total. The summed E-state index contributed by atoms with van der Waals surface area (Å²) >= 11 is 0. The quantitative estimate of drug-likeness (QED) is 0.660. The van der Waals surface area contributed by atoms with Crippen molar-refractivity contribution in [2.75, 3.05) is 27.2 Å². The monoisotopic (exact) mass is 420 g/mol. The molecule has 1 aliphatic heterocycles. The molecule has 0 N–H and O–H groups in total. The first-order chi connectivity index (χ1) is 15.0. The van der Waals surface area contributed by atoms with E-state index >= 15 is 0 Å². The molecule has 1 amide bonds. The topological polar surface area (TPSA) is 45.9 Å². The zero-order valence-corrected chi connectivity index (χ0v) is 18.7. The first-order valence-electron chi connectivity index (χ1n) is 11.4. The molecule has 1 unspecified atom stereocenters. The molecule has 2 aromatic rings. The van der Waals surface area contributed by atoms with Gasteiger partial charge in [-0.25, -0.2) is 0 Å². The first-order valence-corrected chi connectivity index (χ1v) is 11.4. The highest BCUT2D eigenvalue weighted by molar-refractivity contribution is 5.92. The SMILES string of the molecule is COc1ccc2c(c1)[C@@]1(C)CCN(CC3CC3)C(C2)[C@@H]1N(C)C(=O)C=Cc1ccoc1. The van der Waals surface area contributed by atoms with Crippen LogP contribution in [-0.2, 0) is 16.6 Å². The Morgan fingerprint density at radius 3 is 2.90 bits per heavy atom. The Morgan fingerprint density at radius 1 is 1.35 bits per heavy atom. The number of methoxy groups -OCH3 is 1. The molecule has 1 aromatic heterocycles. The second kappa shape index (κ2) is 7.86. The van der Waals surface area contributed by atoms with Crippen LogP contribution in [0.3, 0.4) is 0 Å². The fraction of sp³-hybridized carbons (Fsp3) is 0.500. The van der Waals surface area contributed by atoms with Crippen LogP contribution in [0.25, 0.3) is 6.08 Å². The predicted octanol–water partition coefficient (Wildman–Crippen LogP) is 4.13. The molecule has 2 fully saturated rings. The molecule has 164 valence electrons. The van der Waals surface area contributed by atoms with Crippen molar-refractivity contribution < 1.29 is 13.9 Å². The number of piperidine rings is 1. The highest BCUT2D eigenvalue weighted by Crippen LogP contribution is 2.48. The van der Waals surface area contributed by atoms with E-state index in [-0.39, 0.29) is 17.4 Å². The maximum absolute atomic E-state index is 13.3. The zero-order chi connectivity index (χ0) is 21.6. The summed E-state index contributed by atoms with van der Waals surface area (Å²) < 4.78 is 10.7. The summed E-state index contributed by atoms with van der Waals surface area (Å²) in [5.41, 5.74) is 3.56. The van der Waals surface area contributed by atoms with Gasteiger partial charge >= 0.3 is 0 Å². The number of amides is 1. The van der Waals surface area contributed by atoms with Crippen LogP contribution < -0.4 is 4.74 Å². The molecule has 5 heteroatoms. The molecule has 2 heterocycles. The van der Waals surface area contributed by atoms with E-state index in [1.165, 1.54) is 24.0 Å². The molecule has 31 heavy (non-hydrogen) atoms. The average Bonchev–Trinajstić information content (AvgIpc) is 3.44. The van der Waals surface area contributed by atoms with Crippen LogP contribution in [0, 0.1) is 5.92 Å². The lowest BCUT2D eigenvalue weighted by Crippen LogP contribution is -2.68. The van der Waals surface area contributed by atoms with Crippen molar-refractivity contribution in [2.45, 2.75) is 50.1 Å². The molecule has 0 spiro atoms. The second-order valence-corrected chi connectivity index (χ2v) is 9.68. The third-order valence-corrected chi connectivity index (χ3v) is 7.68. The van der Waals surface area contributed by atoms with E-state index in [9.17, 15) is 4.79 Å². The zero-order valence-electron chi connectivity index (χ0n) is 18.7. The van der Waals surface area contributed by atoms with Gasteiger partial charge in [0.05, 0.1) is 25.7 Å². The molecule has 2 aliphatic carbocycles. The number of ether oxygens (including phenoxy) is 1. The number of nitrogens with zero attached hydrogens (tertiary/aromatic N) is 2. The Balaban J connectivity index is 1.50. The van der Waals surface area contributed by atoms with Crippen molar-refractivity contribution in [1.82, 2.24) is 9.80 Å². The minimum absolute atomic E-state index is 0.0436. The summed E-state index contributed by atoms with van der Waals surface area (Å²) in [6.07, 6.45) is 11.5. The number of hydrogen-bond donors (Lipinski definition) is 0. The Bertz CT molecular complexity index is 979. The molecule has 1 saturated heterocycles. The van der Waals surface area contributed by atoms with Gasteiger partial charge in [0.15, 0.2) is 0 Å². The Morgan fingerprint density at radius 2 is 2.19 bits per heavy atom. The van der Waals surface area contributed by atoms with Crippen molar-refractivity contribution in [3.63, 3.8) is 0 Å². The first kappa shape index (κ1) is 20.4. The van der Waals surface area contributed by atoms with E-state index < -0.39 is 0 Å². The van der Waals surface area contributed by atoms with Gasteiger partial charge in [0.2, 0.25) is 5.91 Å². The highest BCUT2D eigenvalue weighted by atomic mass is 16.5. The third-order valence-electron chi connectivity index (χ3n) is 7.68. The summed E-state index contributed by atoms with van der Waals surface area (Å²) in [7, 11) is 3.70. The van der Waals surface area contributed by atoms with Gasteiger partial charge in [0.25, 0.3) is 0 Å². The lowest BCUT2D eigenvalue weighted by molar-refractivity contribution is -0.132. The number of benzene rings is 1. The Kier molecular flexibility index (Phi) is 5.17. The van der Waals surface area contributed by atoms with E-state index in [0.717, 1.165) is 43.2 Å². The van der Waals surface area contributed by atoms with Gasteiger partial charge < -0.3 is 14.1 Å². The number of carbonyl (C=O) groups is 1. The number of likely N-dealkylation sites (tertiary alicyclic amines) is 1. The van der Waals surface area contributed by atoms with E-state index in [0.29, 0.717) is 6.04 Å². The Hall–Kier alpha value is -2.53. The molecule has 3 atom stereocenters. The fourth-order valence-corrected chi connectivity index (χ4v) is 5.80. The van der Waals surface area contributed by atoms with E-state index in [4.69, 9.17) is 9.15 Å². The molecule has 3 aliphatic rings. The smallest absolute Gasteiger partial charge is 0.246 e. The van der Waals surface area contributed by atoms with Crippen molar-refractivity contribution in [2.24, 2.45) is 5.92 Å². The largest absolute Gasteiger partial charge is 0.497 e. The molecule has 0 radical (unpaired) electrons. The van der Waals surface area contributed by atoms with E-state index in [1.807, 2.05) is 24.1 Å². The summed E-state index contributed by atoms with van der Waals surface area (Å²) in [6.45, 7) is 4.60. The summed E-state index contributed by atoms with van der Waals surface area (Å²) in [5, 5.41) is 0. The molecule has 2 bridgehead atoms. The van der Waals surface area contributed by atoms with Crippen LogP contribution >= 0.6 is 0 Å². The summed E-state index contributed by atoms with van der Waals surface area (Å²) in [6, 6.07) is 8.84. The van der Waals surface area contributed by atoms with E-state index in [1.54, 1.807) is 25.7 Å². The number of carbonyl (C=O) groups excluding carboxylic acids is 1. The van der Waals surface area contributed by atoms with Crippen LogP contribution in [0.5, 0.6) is 5.75 Å². The van der Waals surface area contributed by atoms with Gasteiger partial charge in [-0.2, -0.15) is 0 Å². The van der Waals surface area contributed by atoms with Gasteiger partial charge in [0, 0.05) is 36.7 Å².